The fraction of sp³-hybridized carbons (Fsp3) is 0.400. The van der Waals surface area contributed by atoms with Crippen molar-refractivity contribution in [1.29, 1.82) is 0 Å². The van der Waals surface area contributed by atoms with Crippen molar-refractivity contribution < 1.29 is 0 Å². The summed E-state index contributed by atoms with van der Waals surface area (Å²) in [7, 11) is 0. The van der Waals surface area contributed by atoms with Crippen LogP contribution in [0.2, 0.25) is 0 Å². The summed E-state index contributed by atoms with van der Waals surface area (Å²) in [5.74, 6) is 3.72. The van der Waals surface area contributed by atoms with Gasteiger partial charge in [0, 0.05) is 19.0 Å². The zero-order valence-corrected chi connectivity index (χ0v) is 11.1. The average molecular weight is 243 g/mol. The molecule has 0 saturated carbocycles. The third-order valence-electron chi connectivity index (χ3n) is 2.59. The zero-order chi connectivity index (χ0) is 13.2. The number of hydrogen-bond acceptors (Lipinski definition) is 1. The Bertz CT molecular complexity index is 403. The molecule has 0 aliphatic rings. The molecule has 0 aromatic heterocycles. The summed E-state index contributed by atoms with van der Waals surface area (Å²) in [5, 5.41) is 6.25. The molecular weight excluding hydrogens is 222 g/mol. The fourth-order valence-electron chi connectivity index (χ4n) is 1.59. The topological polar surface area (TPSA) is 36.4 Å². The average Bonchev–Trinajstić information content (AvgIpc) is 2.42. The van der Waals surface area contributed by atoms with Crippen LogP contribution in [0.4, 0.5) is 0 Å². The Labute approximate surface area is 110 Å². The number of aliphatic imine (C=N–C) groups is 1. The van der Waals surface area contributed by atoms with E-state index in [2.05, 4.69) is 52.7 Å². The molecule has 1 aromatic carbocycles. The Morgan fingerprint density at radius 2 is 2.06 bits per heavy atom. The SMILES string of the molecule is C#CCNC(=NCC(C)c1ccccc1)NCC. The van der Waals surface area contributed by atoms with Gasteiger partial charge >= 0.3 is 0 Å². The maximum absolute atomic E-state index is 5.22. The smallest absolute Gasteiger partial charge is 0.192 e. The largest absolute Gasteiger partial charge is 0.357 e. The molecule has 2 N–H and O–H groups in total. The maximum Gasteiger partial charge on any atom is 0.192 e. The van der Waals surface area contributed by atoms with Gasteiger partial charge in [-0.25, -0.2) is 0 Å². The van der Waals surface area contributed by atoms with Crippen molar-refractivity contribution in [2.45, 2.75) is 19.8 Å². The quantitative estimate of drug-likeness (QED) is 0.471. The lowest BCUT2D eigenvalue weighted by Crippen LogP contribution is -2.37. The maximum atomic E-state index is 5.22. The first-order valence-corrected chi connectivity index (χ1v) is 6.28. The molecule has 0 heterocycles. The summed E-state index contributed by atoms with van der Waals surface area (Å²) in [6.07, 6.45) is 5.22. The first-order chi connectivity index (χ1) is 8.77. The van der Waals surface area contributed by atoms with Crippen LogP contribution in [-0.2, 0) is 0 Å². The van der Waals surface area contributed by atoms with E-state index in [9.17, 15) is 0 Å². The van der Waals surface area contributed by atoms with E-state index in [-0.39, 0.29) is 0 Å². The van der Waals surface area contributed by atoms with E-state index in [0.717, 1.165) is 19.0 Å². The van der Waals surface area contributed by atoms with E-state index in [4.69, 9.17) is 6.42 Å². The van der Waals surface area contributed by atoms with Crippen LogP contribution in [0.5, 0.6) is 0 Å². The molecule has 96 valence electrons. The summed E-state index contributed by atoms with van der Waals surface area (Å²) >= 11 is 0. The van der Waals surface area contributed by atoms with E-state index in [1.54, 1.807) is 0 Å². The van der Waals surface area contributed by atoms with Gasteiger partial charge in [0.25, 0.3) is 0 Å². The van der Waals surface area contributed by atoms with Crippen molar-refractivity contribution in [3.05, 3.63) is 35.9 Å². The van der Waals surface area contributed by atoms with Crippen molar-refractivity contribution >= 4 is 5.96 Å². The van der Waals surface area contributed by atoms with Crippen LogP contribution in [0.15, 0.2) is 35.3 Å². The molecule has 0 radical (unpaired) electrons. The van der Waals surface area contributed by atoms with Crippen molar-refractivity contribution in [1.82, 2.24) is 10.6 Å². The Morgan fingerprint density at radius 1 is 1.33 bits per heavy atom. The van der Waals surface area contributed by atoms with Gasteiger partial charge in [0.05, 0.1) is 6.54 Å². The lowest BCUT2D eigenvalue weighted by molar-refractivity contribution is 0.757. The van der Waals surface area contributed by atoms with E-state index in [1.165, 1.54) is 5.56 Å². The van der Waals surface area contributed by atoms with Gasteiger partial charge in [0.1, 0.15) is 0 Å². The molecule has 0 aliphatic carbocycles. The second-order valence-corrected chi connectivity index (χ2v) is 4.09. The van der Waals surface area contributed by atoms with Crippen molar-refractivity contribution in [2.75, 3.05) is 19.6 Å². The zero-order valence-electron chi connectivity index (χ0n) is 11.1. The molecule has 1 atom stereocenters. The van der Waals surface area contributed by atoms with Crippen LogP contribution in [0.25, 0.3) is 0 Å². The lowest BCUT2D eigenvalue weighted by Gasteiger charge is -2.12. The monoisotopic (exact) mass is 243 g/mol. The Balaban J connectivity index is 2.56. The molecule has 0 fully saturated rings. The minimum absolute atomic E-state index is 0.396. The van der Waals surface area contributed by atoms with Gasteiger partial charge in [-0.05, 0) is 12.5 Å². The molecule has 0 amide bonds. The van der Waals surface area contributed by atoms with E-state index < -0.39 is 0 Å². The third kappa shape index (κ3) is 4.92. The highest BCUT2D eigenvalue weighted by Crippen LogP contribution is 2.14. The summed E-state index contributed by atoms with van der Waals surface area (Å²) < 4.78 is 0. The summed E-state index contributed by atoms with van der Waals surface area (Å²) in [5.41, 5.74) is 1.30. The van der Waals surface area contributed by atoms with Crippen molar-refractivity contribution in [3.63, 3.8) is 0 Å². The highest BCUT2D eigenvalue weighted by Gasteiger charge is 2.04. The first kappa shape index (κ1) is 14.1. The number of nitrogens with zero attached hydrogens (tertiary/aromatic N) is 1. The van der Waals surface area contributed by atoms with Crippen LogP contribution < -0.4 is 10.6 Å². The highest BCUT2D eigenvalue weighted by atomic mass is 15.2. The number of benzene rings is 1. The van der Waals surface area contributed by atoms with Crippen LogP contribution in [-0.4, -0.2) is 25.6 Å². The molecule has 1 unspecified atom stereocenters. The number of guanidine groups is 1. The number of terminal acetylenes is 1. The second-order valence-electron chi connectivity index (χ2n) is 4.09. The van der Waals surface area contributed by atoms with Crippen molar-refractivity contribution in [2.24, 2.45) is 4.99 Å². The van der Waals surface area contributed by atoms with Gasteiger partial charge in [-0.15, -0.1) is 6.42 Å². The van der Waals surface area contributed by atoms with Crippen LogP contribution in [0, 0.1) is 12.3 Å². The Kier molecular flexibility index (Phi) is 6.42. The Hall–Kier alpha value is -1.95. The number of nitrogens with one attached hydrogen (secondary N) is 2. The molecule has 0 saturated heterocycles. The van der Waals surface area contributed by atoms with Crippen molar-refractivity contribution in [3.8, 4) is 12.3 Å². The number of hydrogen-bond donors (Lipinski definition) is 2. The molecule has 1 aromatic rings. The van der Waals surface area contributed by atoms with Gasteiger partial charge in [0.2, 0.25) is 0 Å². The molecule has 0 aliphatic heterocycles. The minimum atomic E-state index is 0.396. The third-order valence-corrected chi connectivity index (χ3v) is 2.59. The molecule has 18 heavy (non-hydrogen) atoms. The van der Waals surface area contributed by atoms with Gasteiger partial charge in [-0.2, -0.15) is 0 Å². The molecule has 1 rings (SSSR count). The van der Waals surface area contributed by atoms with Crippen LogP contribution in [0.3, 0.4) is 0 Å². The Morgan fingerprint density at radius 3 is 2.67 bits per heavy atom. The predicted molar refractivity (Wildman–Crippen MR) is 77.7 cm³/mol. The molecule has 0 bridgehead atoms. The summed E-state index contributed by atoms with van der Waals surface area (Å²) in [6.45, 7) is 6.27. The minimum Gasteiger partial charge on any atom is -0.357 e. The van der Waals surface area contributed by atoms with Gasteiger partial charge in [0.15, 0.2) is 5.96 Å². The van der Waals surface area contributed by atoms with E-state index in [0.29, 0.717) is 12.5 Å². The highest BCUT2D eigenvalue weighted by molar-refractivity contribution is 5.80. The fourth-order valence-corrected chi connectivity index (χ4v) is 1.59. The molecular formula is C15H21N3. The normalized spacial score (nSPS) is 12.6. The van der Waals surface area contributed by atoms with E-state index >= 15 is 0 Å². The van der Waals surface area contributed by atoms with Crippen LogP contribution >= 0.6 is 0 Å². The second kappa shape index (κ2) is 8.19. The van der Waals surface area contributed by atoms with Gasteiger partial charge in [-0.3, -0.25) is 4.99 Å². The van der Waals surface area contributed by atoms with Crippen LogP contribution in [0.1, 0.15) is 25.3 Å². The first-order valence-electron chi connectivity index (χ1n) is 6.28. The number of rotatable bonds is 5. The summed E-state index contributed by atoms with van der Waals surface area (Å²) in [4.78, 5) is 4.53. The van der Waals surface area contributed by atoms with Gasteiger partial charge < -0.3 is 10.6 Å². The lowest BCUT2D eigenvalue weighted by atomic mass is 10.0. The summed E-state index contributed by atoms with van der Waals surface area (Å²) in [6, 6.07) is 10.4. The van der Waals surface area contributed by atoms with Gasteiger partial charge in [-0.1, -0.05) is 43.2 Å². The van der Waals surface area contributed by atoms with E-state index in [1.807, 2.05) is 13.0 Å². The predicted octanol–water partition coefficient (Wildman–Crippen LogP) is 1.98. The molecule has 3 heteroatoms. The molecule has 3 nitrogen and oxygen atoms in total. The molecule has 0 spiro atoms. The standard InChI is InChI=1S/C15H21N3/c1-4-11-17-15(16-5-2)18-12-13(3)14-9-7-6-8-10-14/h1,6-10,13H,5,11-12H2,2-3H3,(H2,16,17,18).